The Balaban J connectivity index is 2.70. The highest BCUT2D eigenvalue weighted by Gasteiger charge is 2.17. The third-order valence-electron chi connectivity index (χ3n) is 2.40. The van der Waals surface area contributed by atoms with Gasteiger partial charge in [-0.15, -0.1) is 0 Å². The van der Waals surface area contributed by atoms with Crippen LogP contribution >= 0.6 is 23.2 Å². The molecule has 1 aromatic carbocycles. The molecule has 0 aliphatic carbocycles. The first-order chi connectivity index (χ1) is 8.45. The summed E-state index contributed by atoms with van der Waals surface area (Å²) >= 11 is 11.7. The molecule has 98 valence electrons. The van der Waals surface area contributed by atoms with Gasteiger partial charge in [-0.05, 0) is 25.5 Å². The van der Waals surface area contributed by atoms with Gasteiger partial charge in [-0.3, -0.25) is 9.59 Å². The van der Waals surface area contributed by atoms with Crippen LogP contribution in [0.3, 0.4) is 0 Å². The van der Waals surface area contributed by atoms with E-state index in [1.54, 1.807) is 18.2 Å². The van der Waals surface area contributed by atoms with Crippen LogP contribution in [0.25, 0.3) is 0 Å². The van der Waals surface area contributed by atoms with E-state index >= 15 is 0 Å². The maximum absolute atomic E-state index is 11.6. The maximum atomic E-state index is 11.6. The molecule has 0 unspecified atom stereocenters. The maximum Gasteiger partial charge on any atom is 0.313 e. The van der Waals surface area contributed by atoms with E-state index in [2.05, 4.69) is 10.6 Å². The number of nitrogens with one attached hydrogen (secondary N) is 2. The zero-order chi connectivity index (χ0) is 13.7. The Morgan fingerprint density at radius 2 is 1.94 bits per heavy atom. The standard InChI is InChI=1S/C12H14Cl2N2O2/c1-3-7(2)15-11(17)12(18)16-9-6-4-5-8(13)10(9)14/h4-7H,3H2,1-2H3,(H,15,17)(H,16,18)/t7-/m0/s1. The summed E-state index contributed by atoms with van der Waals surface area (Å²) in [5.74, 6) is -1.46. The lowest BCUT2D eigenvalue weighted by atomic mass is 10.2. The highest BCUT2D eigenvalue weighted by atomic mass is 35.5. The lowest BCUT2D eigenvalue weighted by Gasteiger charge is -2.12. The number of benzene rings is 1. The molecule has 2 N–H and O–H groups in total. The molecular formula is C12H14Cl2N2O2. The van der Waals surface area contributed by atoms with Crippen LogP contribution in [0, 0.1) is 0 Å². The Morgan fingerprint density at radius 1 is 1.28 bits per heavy atom. The number of rotatable bonds is 3. The number of carbonyl (C=O) groups excluding carboxylic acids is 2. The summed E-state index contributed by atoms with van der Waals surface area (Å²) in [5.41, 5.74) is 0.313. The first-order valence-electron chi connectivity index (χ1n) is 5.51. The van der Waals surface area contributed by atoms with Gasteiger partial charge in [0.05, 0.1) is 15.7 Å². The Hall–Kier alpha value is -1.26. The predicted octanol–water partition coefficient (Wildman–Crippen LogP) is 2.85. The monoisotopic (exact) mass is 288 g/mol. The van der Waals surface area contributed by atoms with Gasteiger partial charge in [-0.2, -0.15) is 0 Å². The lowest BCUT2D eigenvalue weighted by molar-refractivity contribution is -0.136. The van der Waals surface area contributed by atoms with Crippen molar-refractivity contribution >= 4 is 40.7 Å². The third kappa shape index (κ3) is 3.89. The molecule has 0 aromatic heterocycles. The summed E-state index contributed by atoms with van der Waals surface area (Å²) in [6.45, 7) is 3.73. The minimum atomic E-state index is -0.764. The van der Waals surface area contributed by atoms with Gasteiger partial charge >= 0.3 is 11.8 Å². The van der Waals surface area contributed by atoms with E-state index in [0.29, 0.717) is 10.7 Å². The van der Waals surface area contributed by atoms with Crippen LogP contribution in [-0.2, 0) is 9.59 Å². The SMILES string of the molecule is CC[C@H](C)NC(=O)C(=O)Nc1cccc(Cl)c1Cl. The molecule has 0 bridgehead atoms. The molecule has 0 fully saturated rings. The van der Waals surface area contributed by atoms with Crippen molar-refractivity contribution in [3.63, 3.8) is 0 Å². The van der Waals surface area contributed by atoms with E-state index < -0.39 is 11.8 Å². The van der Waals surface area contributed by atoms with Crippen molar-refractivity contribution in [2.24, 2.45) is 0 Å². The molecule has 0 aliphatic rings. The minimum Gasteiger partial charge on any atom is -0.345 e. The number of carbonyl (C=O) groups is 2. The van der Waals surface area contributed by atoms with Crippen molar-refractivity contribution in [1.29, 1.82) is 0 Å². The summed E-state index contributed by atoms with van der Waals surface area (Å²) < 4.78 is 0. The van der Waals surface area contributed by atoms with Gasteiger partial charge in [-0.25, -0.2) is 0 Å². The molecule has 1 aromatic rings. The van der Waals surface area contributed by atoms with Crippen LogP contribution < -0.4 is 10.6 Å². The molecule has 0 aliphatic heterocycles. The predicted molar refractivity (Wildman–Crippen MR) is 73.0 cm³/mol. The molecule has 0 heterocycles. The van der Waals surface area contributed by atoms with Gasteiger partial charge in [-0.1, -0.05) is 36.2 Å². The number of hydrogen-bond acceptors (Lipinski definition) is 2. The second-order valence-electron chi connectivity index (χ2n) is 3.84. The fourth-order valence-electron chi connectivity index (χ4n) is 1.17. The van der Waals surface area contributed by atoms with Crippen LogP contribution in [-0.4, -0.2) is 17.9 Å². The number of halogens is 2. The quantitative estimate of drug-likeness (QED) is 0.841. The van der Waals surface area contributed by atoms with Crippen molar-refractivity contribution in [2.75, 3.05) is 5.32 Å². The average molecular weight is 289 g/mol. The molecule has 6 heteroatoms. The molecule has 0 saturated heterocycles. The van der Waals surface area contributed by atoms with E-state index in [4.69, 9.17) is 23.2 Å². The largest absolute Gasteiger partial charge is 0.345 e. The summed E-state index contributed by atoms with van der Waals surface area (Å²) in [7, 11) is 0. The van der Waals surface area contributed by atoms with Crippen molar-refractivity contribution in [2.45, 2.75) is 26.3 Å². The fraction of sp³-hybridized carbons (Fsp3) is 0.333. The summed E-state index contributed by atoms with van der Waals surface area (Å²) in [4.78, 5) is 23.1. The molecule has 18 heavy (non-hydrogen) atoms. The van der Waals surface area contributed by atoms with Crippen LogP contribution in [0.5, 0.6) is 0 Å². The second-order valence-corrected chi connectivity index (χ2v) is 4.62. The van der Waals surface area contributed by atoms with Crippen LogP contribution in [0.4, 0.5) is 5.69 Å². The molecule has 4 nitrogen and oxygen atoms in total. The zero-order valence-corrected chi connectivity index (χ0v) is 11.6. The third-order valence-corrected chi connectivity index (χ3v) is 3.21. The van der Waals surface area contributed by atoms with E-state index in [1.807, 2.05) is 13.8 Å². The zero-order valence-electron chi connectivity index (χ0n) is 10.1. The van der Waals surface area contributed by atoms with Gasteiger partial charge in [0, 0.05) is 6.04 Å². The molecule has 0 radical (unpaired) electrons. The van der Waals surface area contributed by atoms with Crippen LogP contribution in [0.2, 0.25) is 10.0 Å². The Morgan fingerprint density at radius 3 is 2.56 bits per heavy atom. The summed E-state index contributed by atoms with van der Waals surface area (Å²) in [5, 5.41) is 5.50. The number of amides is 2. The van der Waals surface area contributed by atoms with Crippen molar-refractivity contribution in [1.82, 2.24) is 5.32 Å². The first kappa shape index (κ1) is 14.8. The molecule has 1 rings (SSSR count). The van der Waals surface area contributed by atoms with Crippen LogP contribution in [0.15, 0.2) is 18.2 Å². The second kappa shape index (κ2) is 6.61. The van der Waals surface area contributed by atoms with E-state index in [0.717, 1.165) is 6.42 Å². The topological polar surface area (TPSA) is 58.2 Å². The fourth-order valence-corrected chi connectivity index (χ4v) is 1.52. The van der Waals surface area contributed by atoms with E-state index in [9.17, 15) is 9.59 Å². The molecule has 0 saturated carbocycles. The highest BCUT2D eigenvalue weighted by Crippen LogP contribution is 2.29. The van der Waals surface area contributed by atoms with Gasteiger partial charge < -0.3 is 10.6 Å². The van der Waals surface area contributed by atoms with Gasteiger partial charge in [0.15, 0.2) is 0 Å². The number of anilines is 1. The highest BCUT2D eigenvalue weighted by molar-refractivity contribution is 6.45. The van der Waals surface area contributed by atoms with E-state index in [-0.39, 0.29) is 11.1 Å². The first-order valence-corrected chi connectivity index (χ1v) is 6.27. The molecule has 0 spiro atoms. The van der Waals surface area contributed by atoms with E-state index in [1.165, 1.54) is 0 Å². The van der Waals surface area contributed by atoms with Crippen LogP contribution in [0.1, 0.15) is 20.3 Å². The molecular weight excluding hydrogens is 275 g/mol. The smallest absolute Gasteiger partial charge is 0.313 e. The molecule has 1 atom stereocenters. The lowest BCUT2D eigenvalue weighted by Crippen LogP contribution is -2.40. The van der Waals surface area contributed by atoms with Crippen molar-refractivity contribution in [3.8, 4) is 0 Å². The Labute approximate surface area is 116 Å². The average Bonchev–Trinajstić information content (AvgIpc) is 2.34. The van der Waals surface area contributed by atoms with Gasteiger partial charge in [0.1, 0.15) is 0 Å². The number of hydrogen-bond donors (Lipinski definition) is 2. The van der Waals surface area contributed by atoms with Gasteiger partial charge in [0.25, 0.3) is 0 Å². The Kier molecular flexibility index (Phi) is 5.44. The molecule has 2 amide bonds. The van der Waals surface area contributed by atoms with Crippen molar-refractivity contribution in [3.05, 3.63) is 28.2 Å². The summed E-state index contributed by atoms with van der Waals surface area (Å²) in [6.07, 6.45) is 0.747. The normalized spacial score (nSPS) is 11.8. The summed E-state index contributed by atoms with van der Waals surface area (Å²) in [6, 6.07) is 4.75. The minimum absolute atomic E-state index is 0.0573. The van der Waals surface area contributed by atoms with Gasteiger partial charge in [0.2, 0.25) is 0 Å². The van der Waals surface area contributed by atoms with Crippen molar-refractivity contribution < 1.29 is 9.59 Å². The Bertz CT molecular complexity index is 463.